The summed E-state index contributed by atoms with van der Waals surface area (Å²) in [5.41, 5.74) is -0.822. The molecule has 150 valence electrons. The quantitative estimate of drug-likeness (QED) is 0.417. The molecule has 0 amide bonds. The minimum atomic E-state index is -0.822. The Morgan fingerprint density at radius 3 is 2.46 bits per heavy atom. The van der Waals surface area contributed by atoms with E-state index in [1.807, 2.05) is 13.0 Å². The van der Waals surface area contributed by atoms with E-state index < -0.39 is 11.6 Å². The number of carboxylic acid groups (broad SMARTS) is 1. The minimum Gasteiger partial charge on any atom is -0.481 e. The fraction of sp³-hybridized carbons (Fsp3) is 0.818. The van der Waals surface area contributed by atoms with Gasteiger partial charge in [0, 0.05) is 11.8 Å². The highest BCUT2D eigenvalue weighted by Crippen LogP contribution is 2.38. The molecule has 2 N–H and O–H groups in total. The molecule has 0 radical (unpaired) electrons. The Labute approximate surface area is 159 Å². The van der Waals surface area contributed by atoms with Gasteiger partial charge in [-0.15, -0.1) is 0 Å². The first-order valence-corrected chi connectivity index (χ1v) is 10.5. The lowest BCUT2D eigenvalue weighted by Crippen LogP contribution is -2.38. The van der Waals surface area contributed by atoms with Crippen LogP contribution in [-0.4, -0.2) is 27.6 Å². The number of ketones is 1. The average molecular weight is 367 g/mol. The molecule has 0 aliphatic heterocycles. The van der Waals surface area contributed by atoms with Gasteiger partial charge >= 0.3 is 5.97 Å². The van der Waals surface area contributed by atoms with Crippen LogP contribution in [0.5, 0.6) is 0 Å². The van der Waals surface area contributed by atoms with Crippen molar-refractivity contribution in [1.29, 1.82) is 0 Å². The number of allylic oxidation sites excluding steroid dienone is 1. The van der Waals surface area contributed by atoms with Crippen molar-refractivity contribution in [3.05, 3.63) is 12.2 Å². The summed E-state index contributed by atoms with van der Waals surface area (Å²) in [6.45, 7) is 5.81. The number of hydrogen-bond acceptors (Lipinski definition) is 3. The standard InChI is InChI=1S/C22H38O4/c1-4-5-6-7-11-16-22(3,26)19-14-15-20(23)18(19)13-10-8-9-12-17(2)21(24)25/h14-15,17-19,26H,4-13,16H2,1-3H3,(H,24,25). The van der Waals surface area contributed by atoms with Crippen molar-refractivity contribution in [1.82, 2.24) is 0 Å². The molecule has 0 fully saturated rings. The second kappa shape index (κ2) is 11.5. The molecule has 0 aromatic heterocycles. The molecule has 26 heavy (non-hydrogen) atoms. The molecule has 0 bridgehead atoms. The number of carboxylic acids is 1. The molecule has 0 aromatic rings. The van der Waals surface area contributed by atoms with Crippen LogP contribution in [0.4, 0.5) is 0 Å². The molecule has 0 aromatic carbocycles. The molecule has 0 heterocycles. The van der Waals surface area contributed by atoms with Crippen LogP contribution >= 0.6 is 0 Å². The molecule has 1 rings (SSSR count). The highest BCUT2D eigenvalue weighted by atomic mass is 16.4. The molecular weight excluding hydrogens is 328 g/mol. The maximum atomic E-state index is 12.2. The van der Waals surface area contributed by atoms with Crippen LogP contribution in [0.25, 0.3) is 0 Å². The largest absolute Gasteiger partial charge is 0.481 e. The number of aliphatic carboxylic acids is 1. The van der Waals surface area contributed by atoms with E-state index in [9.17, 15) is 14.7 Å². The van der Waals surface area contributed by atoms with Crippen molar-refractivity contribution in [3.63, 3.8) is 0 Å². The van der Waals surface area contributed by atoms with E-state index in [1.54, 1.807) is 13.0 Å². The van der Waals surface area contributed by atoms with Crippen molar-refractivity contribution in [2.45, 2.75) is 97.0 Å². The van der Waals surface area contributed by atoms with Crippen LogP contribution in [0, 0.1) is 17.8 Å². The van der Waals surface area contributed by atoms with Gasteiger partial charge in [-0.3, -0.25) is 9.59 Å². The van der Waals surface area contributed by atoms with E-state index in [-0.39, 0.29) is 23.5 Å². The highest BCUT2D eigenvalue weighted by Gasteiger charge is 2.40. The van der Waals surface area contributed by atoms with Gasteiger partial charge in [-0.1, -0.05) is 71.3 Å². The maximum Gasteiger partial charge on any atom is 0.306 e. The SMILES string of the molecule is CCCCCCCC(C)(O)C1C=CC(=O)C1CCCCCC(C)C(=O)O. The van der Waals surface area contributed by atoms with Crippen LogP contribution < -0.4 is 0 Å². The number of aliphatic hydroxyl groups is 1. The summed E-state index contributed by atoms with van der Waals surface area (Å²) < 4.78 is 0. The first-order valence-electron chi connectivity index (χ1n) is 10.5. The number of unbranched alkanes of at least 4 members (excludes halogenated alkanes) is 6. The first kappa shape index (κ1) is 22.9. The number of rotatable bonds is 14. The van der Waals surface area contributed by atoms with E-state index in [0.717, 1.165) is 44.9 Å². The van der Waals surface area contributed by atoms with Gasteiger partial charge in [0.2, 0.25) is 0 Å². The summed E-state index contributed by atoms with van der Waals surface area (Å²) in [5, 5.41) is 19.8. The van der Waals surface area contributed by atoms with Crippen LogP contribution in [0.2, 0.25) is 0 Å². The fourth-order valence-corrected chi connectivity index (χ4v) is 3.96. The summed E-state index contributed by atoms with van der Waals surface area (Å²) in [4.78, 5) is 23.1. The zero-order valence-electron chi connectivity index (χ0n) is 16.9. The summed E-state index contributed by atoms with van der Waals surface area (Å²) in [6, 6.07) is 0. The lowest BCUT2D eigenvalue weighted by atomic mass is 9.76. The minimum absolute atomic E-state index is 0.0841. The topological polar surface area (TPSA) is 74.6 Å². The summed E-state index contributed by atoms with van der Waals surface area (Å²) in [6.07, 6.45) is 14.3. The Balaban J connectivity index is 2.38. The second-order valence-electron chi connectivity index (χ2n) is 8.29. The zero-order valence-corrected chi connectivity index (χ0v) is 16.9. The maximum absolute atomic E-state index is 12.2. The zero-order chi connectivity index (χ0) is 19.6. The van der Waals surface area contributed by atoms with Gasteiger partial charge in [0.05, 0.1) is 11.5 Å². The van der Waals surface area contributed by atoms with Crippen LogP contribution in [-0.2, 0) is 9.59 Å². The van der Waals surface area contributed by atoms with Gasteiger partial charge in [0.1, 0.15) is 0 Å². The second-order valence-corrected chi connectivity index (χ2v) is 8.29. The van der Waals surface area contributed by atoms with Gasteiger partial charge in [-0.2, -0.15) is 0 Å². The molecule has 4 unspecified atom stereocenters. The number of hydrogen-bond donors (Lipinski definition) is 2. The molecular formula is C22H38O4. The highest BCUT2D eigenvalue weighted by molar-refractivity contribution is 5.94. The van der Waals surface area contributed by atoms with E-state index in [0.29, 0.717) is 6.42 Å². The summed E-state index contributed by atoms with van der Waals surface area (Å²) in [5.74, 6) is -1.10. The molecule has 1 aliphatic rings. The Bertz CT molecular complexity index is 467. The predicted octanol–water partition coefficient (Wildman–Crippen LogP) is 5.14. The van der Waals surface area contributed by atoms with Gasteiger partial charge in [-0.25, -0.2) is 0 Å². The van der Waals surface area contributed by atoms with E-state index >= 15 is 0 Å². The van der Waals surface area contributed by atoms with Crippen molar-refractivity contribution in [2.75, 3.05) is 0 Å². The van der Waals surface area contributed by atoms with Crippen molar-refractivity contribution < 1.29 is 19.8 Å². The summed E-state index contributed by atoms with van der Waals surface area (Å²) in [7, 11) is 0. The Morgan fingerprint density at radius 2 is 1.81 bits per heavy atom. The van der Waals surface area contributed by atoms with Crippen molar-refractivity contribution >= 4 is 11.8 Å². The van der Waals surface area contributed by atoms with Crippen molar-refractivity contribution in [2.24, 2.45) is 17.8 Å². The summed E-state index contributed by atoms with van der Waals surface area (Å²) >= 11 is 0. The van der Waals surface area contributed by atoms with E-state index in [1.165, 1.54) is 19.3 Å². The molecule has 0 spiro atoms. The van der Waals surface area contributed by atoms with Gasteiger partial charge in [0.25, 0.3) is 0 Å². The van der Waals surface area contributed by atoms with Crippen LogP contribution in [0.1, 0.15) is 91.4 Å². The van der Waals surface area contributed by atoms with Crippen LogP contribution in [0.3, 0.4) is 0 Å². The molecule has 4 atom stereocenters. The average Bonchev–Trinajstić information content (AvgIpc) is 2.95. The lowest BCUT2D eigenvalue weighted by molar-refractivity contribution is -0.141. The first-order chi connectivity index (χ1) is 12.3. The Kier molecular flexibility index (Phi) is 10.1. The molecule has 4 nitrogen and oxygen atoms in total. The van der Waals surface area contributed by atoms with E-state index in [2.05, 4.69) is 6.92 Å². The van der Waals surface area contributed by atoms with Crippen LogP contribution in [0.15, 0.2) is 12.2 Å². The van der Waals surface area contributed by atoms with Gasteiger partial charge < -0.3 is 10.2 Å². The van der Waals surface area contributed by atoms with E-state index in [4.69, 9.17) is 5.11 Å². The van der Waals surface area contributed by atoms with Gasteiger partial charge in [0.15, 0.2) is 5.78 Å². The molecule has 1 aliphatic carbocycles. The lowest BCUT2D eigenvalue weighted by Gasteiger charge is -2.33. The van der Waals surface area contributed by atoms with Crippen molar-refractivity contribution in [3.8, 4) is 0 Å². The molecule has 0 saturated carbocycles. The third-order valence-corrected chi connectivity index (χ3v) is 5.85. The third kappa shape index (κ3) is 7.61. The van der Waals surface area contributed by atoms with Gasteiger partial charge in [-0.05, 0) is 32.3 Å². The number of carbonyl (C=O) groups excluding carboxylic acids is 1. The molecule has 4 heteroatoms. The molecule has 0 saturated heterocycles. The Morgan fingerprint density at radius 1 is 1.15 bits per heavy atom. The monoisotopic (exact) mass is 366 g/mol. The third-order valence-electron chi connectivity index (χ3n) is 5.85. The smallest absolute Gasteiger partial charge is 0.306 e. The normalized spacial score (nSPS) is 23.2. The Hall–Kier alpha value is -1.16. The fourth-order valence-electron chi connectivity index (χ4n) is 3.96. The predicted molar refractivity (Wildman–Crippen MR) is 105 cm³/mol. The number of carbonyl (C=O) groups is 2.